The van der Waals surface area contributed by atoms with E-state index in [1.165, 1.54) is 0 Å². The van der Waals surface area contributed by atoms with Gasteiger partial charge in [0.05, 0.1) is 24.5 Å². The summed E-state index contributed by atoms with van der Waals surface area (Å²) in [7, 11) is -3.50. The molecule has 0 bridgehead atoms. The first-order valence-corrected chi connectivity index (χ1v) is 8.77. The molecule has 1 aromatic rings. The van der Waals surface area contributed by atoms with Crippen LogP contribution in [0.25, 0.3) is 0 Å². The number of nitrogens with two attached hydrogens (primary N) is 1. The van der Waals surface area contributed by atoms with Crippen molar-refractivity contribution in [3.05, 3.63) is 29.3 Å². The van der Waals surface area contributed by atoms with Crippen LogP contribution in [0.2, 0.25) is 0 Å². The zero-order valence-corrected chi connectivity index (χ0v) is 14.0. The topological polar surface area (TPSA) is 109 Å². The van der Waals surface area contributed by atoms with Gasteiger partial charge in [-0.05, 0) is 37.3 Å². The third kappa shape index (κ3) is 4.86. The maximum Gasteiger partial charge on any atom is 0.259 e. The Kier molecular flexibility index (Phi) is 7.12. The number of amidine groups is 1. The Balaban J connectivity index is 0.00000242. The molecule has 8 heteroatoms. The van der Waals surface area contributed by atoms with Gasteiger partial charge in [-0.3, -0.25) is 0 Å². The van der Waals surface area contributed by atoms with E-state index in [1.807, 2.05) is 0 Å². The molecule has 0 unspecified atom stereocenters. The van der Waals surface area contributed by atoms with Crippen LogP contribution in [-0.2, 0) is 15.8 Å². The molecule has 5 N–H and O–H groups in total. The van der Waals surface area contributed by atoms with Crippen LogP contribution < -0.4 is 28.6 Å². The molecule has 0 aliphatic carbocycles. The molecule has 0 atom stereocenters. The van der Waals surface area contributed by atoms with Crippen molar-refractivity contribution in [1.82, 2.24) is 0 Å². The maximum atomic E-state index is 11.6. The summed E-state index contributed by atoms with van der Waals surface area (Å²) in [6.45, 7) is 1.56. The van der Waals surface area contributed by atoms with Crippen molar-refractivity contribution >= 4 is 15.9 Å². The van der Waals surface area contributed by atoms with Crippen molar-refractivity contribution in [3.63, 3.8) is 0 Å². The summed E-state index contributed by atoms with van der Waals surface area (Å²) in [5.41, 5.74) is 10.9. The number of unbranched alkanes of at least 4 members (excludes halogenated alkanes) is 3. The molecule has 0 fully saturated rings. The van der Waals surface area contributed by atoms with Crippen LogP contribution in [0, 0.1) is 0 Å². The standard InChI is InChI=1S/C14H21N3O3S.ClH/c15-8-3-1-2-4-9-20-12-7-5-6-11-10-21(18,19)17-14(16)13(11)12;/h5-7H,1-4,8-10,15H2,(H2,16,17);1H. The van der Waals surface area contributed by atoms with Crippen molar-refractivity contribution in [1.29, 1.82) is 0 Å². The van der Waals surface area contributed by atoms with Crippen LogP contribution in [0.1, 0.15) is 36.8 Å². The van der Waals surface area contributed by atoms with Gasteiger partial charge in [0, 0.05) is 0 Å². The number of hydrogen-bond acceptors (Lipinski definition) is 4. The Hall–Kier alpha value is -1.31. The second-order valence-corrected chi connectivity index (χ2v) is 6.74. The Morgan fingerprint density at radius 3 is 2.68 bits per heavy atom. The summed E-state index contributed by atoms with van der Waals surface area (Å²) in [4.78, 5) is 0. The molecule has 0 amide bonds. The number of benzene rings is 1. The number of rotatable bonds is 7. The Morgan fingerprint density at radius 1 is 1.23 bits per heavy atom. The monoisotopic (exact) mass is 347 g/mol. The van der Waals surface area contributed by atoms with Crippen LogP contribution in [0.4, 0.5) is 0 Å². The van der Waals surface area contributed by atoms with E-state index in [9.17, 15) is 8.42 Å². The second-order valence-electron chi connectivity index (χ2n) is 5.11. The normalized spacial score (nSPS) is 15.4. The lowest BCUT2D eigenvalue weighted by Gasteiger charge is -2.18. The summed E-state index contributed by atoms with van der Waals surface area (Å²) < 4.78 is 32.5. The molecule has 1 heterocycles. The van der Waals surface area contributed by atoms with Gasteiger partial charge in [0.15, 0.2) is 0 Å². The van der Waals surface area contributed by atoms with Crippen LogP contribution >= 0.6 is 0 Å². The summed E-state index contributed by atoms with van der Waals surface area (Å²) in [6.07, 6.45) is 4.35. The lowest BCUT2D eigenvalue weighted by Crippen LogP contribution is -3.00. The van der Waals surface area contributed by atoms with Crippen LogP contribution in [-0.4, -0.2) is 27.4 Å². The summed E-state index contributed by atoms with van der Waals surface area (Å²) in [5, 5.41) is 0. The van der Waals surface area contributed by atoms with Crippen molar-refractivity contribution in [2.75, 3.05) is 13.2 Å². The first-order valence-electron chi connectivity index (χ1n) is 7.16. The quantitative estimate of drug-likeness (QED) is 0.528. The lowest BCUT2D eigenvalue weighted by molar-refractivity contribution is -0.368. The maximum absolute atomic E-state index is 11.6. The number of fused-ring (bicyclic) bond motifs is 1. The summed E-state index contributed by atoms with van der Waals surface area (Å²) >= 11 is 0. The molecule has 1 aliphatic heterocycles. The van der Waals surface area contributed by atoms with Gasteiger partial charge in [-0.1, -0.05) is 12.1 Å². The van der Waals surface area contributed by atoms with Crippen molar-refractivity contribution in [2.45, 2.75) is 31.4 Å². The van der Waals surface area contributed by atoms with Gasteiger partial charge in [0.25, 0.3) is 10.0 Å². The molecule has 1 aromatic carbocycles. The SMILES string of the molecule is NC1=NS(=O)(=O)Cc2cccc(OCCCCCC[NH3+])c21.[Cl-]. The van der Waals surface area contributed by atoms with E-state index in [1.54, 1.807) is 18.2 Å². The van der Waals surface area contributed by atoms with Gasteiger partial charge in [0.1, 0.15) is 11.6 Å². The van der Waals surface area contributed by atoms with Crippen molar-refractivity contribution in [2.24, 2.45) is 10.1 Å². The van der Waals surface area contributed by atoms with E-state index in [2.05, 4.69) is 10.1 Å². The van der Waals surface area contributed by atoms with Gasteiger partial charge in [-0.2, -0.15) is 0 Å². The van der Waals surface area contributed by atoms with Crippen LogP contribution in [0.15, 0.2) is 22.6 Å². The molecule has 22 heavy (non-hydrogen) atoms. The zero-order chi connectivity index (χ0) is 15.3. The molecule has 0 saturated heterocycles. The van der Waals surface area contributed by atoms with Gasteiger partial charge >= 0.3 is 0 Å². The fourth-order valence-corrected chi connectivity index (χ4v) is 3.44. The van der Waals surface area contributed by atoms with E-state index in [-0.39, 0.29) is 24.0 Å². The molecule has 2 rings (SSSR count). The molecule has 6 nitrogen and oxygen atoms in total. The van der Waals surface area contributed by atoms with E-state index < -0.39 is 10.0 Å². The lowest BCUT2D eigenvalue weighted by atomic mass is 10.1. The molecule has 0 radical (unpaired) electrons. The molecular weight excluding hydrogens is 326 g/mol. The fraction of sp³-hybridized carbons (Fsp3) is 0.500. The highest BCUT2D eigenvalue weighted by Gasteiger charge is 2.24. The van der Waals surface area contributed by atoms with E-state index >= 15 is 0 Å². The minimum Gasteiger partial charge on any atom is -1.00 e. The van der Waals surface area contributed by atoms with Crippen molar-refractivity contribution < 1.29 is 31.3 Å². The Morgan fingerprint density at radius 2 is 1.95 bits per heavy atom. The van der Waals surface area contributed by atoms with E-state index in [0.29, 0.717) is 23.5 Å². The molecule has 0 saturated carbocycles. The number of halogens is 1. The second kappa shape index (κ2) is 8.36. The highest BCUT2D eigenvalue weighted by atomic mass is 35.5. The largest absolute Gasteiger partial charge is 1.00 e. The third-order valence-electron chi connectivity index (χ3n) is 3.35. The minimum atomic E-state index is -3.50. The smallest absolute Gasteiger partial charge is 0.259 e. The predicted molar refractivity (Wildman–Crippen MR) is 81.5 cm³/mol. The molecule has 0 spiro atoms. The fourth-order valence-electron chi connectivity index (χ4n) is 2.35. The third-order valence-corrected chi connectivity index (χ3v) is 4.50. The molecule has 124 valence electrons. The highest BCUT2D eigenvalue weighted by molar-refractivity contribution is 7.89. The predicted octanol–water partition coefficient (Wildman–Crippen LogP) is -2.58. The number of quaternary nitrogens is 1. The Labute approximate surface area is 137 Å². The average molecular weight is 348 g/mol. The van der Waals surface area contributed by atoms with Gasteiger partial charge in [-0.25, -0.2) is 8.42 Å². The average Bonchev–Trinajstić information content (AvgIpc) is 2.41. The highest BCUT2D eigenvalue weighted by Crippen LogP contribution is 2.28. The minimum absolute atomic E-state index is 0. The number of nitrogens with zero attached hydrogens (tertiary/aromatic N) is 1. The van der Waals surface area contributed by atoms with E-state index in [4.69, 9.17) is 10.5 Å². The van der Waals surface area contributed by atoms with E-state index in [0.717, 1.165) is 32.2 Å². The zero-order valence-electron chi connectivity index (χ0n) is 12.4. The van der Waals surface area contributed by atoms with Gasteiger partial charge in [0.2, 0.25) is 0 Å². The van der Waals surface area contributed by atoms with Crippen LogP contribution in [0.3, 0.4) is 0 Å². The van der Waals surface area contributed by atoms with Gasteiger partial charge in [-0.15, -0.1) is 4.40 Å². The summed E-state index contributed by atoms with van der Waals surface area (Å²) in [5.74, 6) is 0.508. The van der Waals surface area contributed by atoms with Crippen molar-refractivity contribution in [3.8, 4) is 5.75 Å². The first kappa shape index (κ1) is 18.7. The number of hydrogen-bond donors (Lipinski definition) is 2. The Bertz CT molecular complexity index is 632. The molecular formula is C14H22ClN3O3S. The first-order chi connectivity index (χ1) is 10.0. The van der Waals surface area contributed by atoms with Gasteiger partial charge < -0.3 is 28.6 Å². The van der Waals surface area contributed by atoms with Crippen LogP contribution in [0.5, 0.6) is 5.75 Å². The molecule has 0 aromatic heterocycles. The molecule has 1 aliphatic rings. The number of sulfonamides is 1. The summed E-state index contributed by atoms with van der Waals surface area (Å²) in [6, 6.07) is 5.33. The number of ether oxygens (including phenoxy) is 1.